The van der Waals surface area contributed by atoms with Crippen LogP contribution in [0, 0.1) is 11.8 Å². The van der Waals surface area contributed by atoms with E-state index in [1.807, 2.05) is 12.4 Å². The molecule has 1 aliphatic rings. The van der Waals surface area contributed by atoms with Gasteiger partial charge in [0.05, 0.1) is 18.1 Å². The van der Waals surface area contributed by atoms with Crippen molar-refractivity contribution in [2.24, 2.45) is 11.8 Å². The maximum Gasteiger partial charge on any atom is 0.115 e. The summed E-state index contributed by atoms with van der Waals surface area (Å²) in [5.74, 6) is 1.71. The lowest BCUT2D eigenvalue weighted by atomic mass is 9.81. The number of aromatic nitrogens is 2. The molecule has 1 fully saturated rings. The van der Waals surface area contributed by atoms with Crippen molar-refractivity contribution in [3.63, 3.8) is 0 Å². The minimum atomic E-state index is 0.610. The molecule has 1 aliphatic carbocycles. The van der Waals surface area contributed by atoms with E-state index in [0.717, 1.165) is 17.5 Å². The molecule has 2 atom stereocenters. The van der Waals surface area contributed by atoms with Crippen molar-refractivity contribution < 1.29 is 0 Å². The molecule has 0 radical (unpaired) electrons. The molecular formula is C14H23N3. The van der Waals surface area contributed by atoms with Crippen LogP contribution in [0.3, 0.4) is 0 Å². The number of hydrogen-bond acceptors (Lipinski definition) is 3. The van der Waals surface area contributed by atoms with Crippen LogP contribution in [0.4, 0.5) is 5.69 Å². The number of nitrogens with one attached hydrogen (secondary N) is 1. The Balaban J connectivity index is 1.85. The Morgan fingerprint density at radius 2 is 2.06 bits per heavy atom. The van der Waals surface area contributed by atoms with Gasteiger partial charge in [-0.2, -0.15) is 0 Å². The third-order valence-corrected chi connectivity index (χ3v) is 3.52. The summed E-state index contributed by atoms with van der Waals surface area (Å²) in [5.41, 5.74) is 1.06. The Labute approximate surface area is 104 Å². The standard InChI is InChI=1S/C14H23N3/c1-11(2)6-12-4-3-5-13(7-12)17-14-8-15-10-16-9-14/h8-13,17H,3-7H2,1-2H3. The molecule has 3 heteroatoms. The number of rotatable bonds is 4. The van der Waals surface area contributed by atoms with E-state index in [2.05, 4.69) is 29.1 Å². The van der Waals surface area contributed by atoms with E-state index in [4.69, 9.17) is 0 Å². The van der Waals surface area contributed by atoms with Crippen molar-refractivity contribution in [3.8, 4) is 0 Å². The van der Waals surface area contributed by atoms with Crippen LogP contribution >= 0.6 is 0 Å². The summed E-state index contributed by atoms with van der Waals surface area (Å²) in [6.07, 6.45) is 12.0. The summed E-state index contributed by atoms with van der Waals surface area (Å²) < 4.78 is 0. The van der Waals surface area contributed by atoms with Crippen LogP contribution in [0.15, 0.2) is 18.7 Å². The summed E-state index contributed by atoms with van der Waals surface area (Å²) in [6, 6.07) is 0.610. The highest BCUT2D eigenvalue weighted by Crippen LogP contribution is 2.30. The van der Waals surface area contributed by atoms with Gasteiger partial charge in [0.25, 0.3) is 0 Å². The SMILES string of the molecule is CC(C)CC1CCCC(Nc2cncnc2)C1. The van der Waals surface area contributed by atoms with Gasteiger partial charge in [-0.15, -0.1) is 0 Å². The topological polar surface area (TPSA) is 37.8 Å². The fourth-order valence-corrected chi connectivity index (χ4v) is 2.91. The van der Waals surface area contributed by atoms with E-state index in [1.165, 1.54) is 32.1 Å². The lowest BCUT2D eigenvalue weighted by molar-refractivity contribution is 0.289. The molecular weight excluding hydrogens is 210 g/mol. The Bertz CT molecular complexity index is 323. The summed E-state index contributed by atoms with van der Waals surface area (Å²) in [7, 11) is 0. The molecule has 0 bridgehead atoms. The smallest absolute Gasteiger partial charge is 0.115 e. The Morgan fingerprint density at radius 3 is 2.76 bits per heavy atom. The zero-order valence-electron chi connectivity index (χ0n) is 10.9. The lowest BCUT2D eigenvalue weighted by Gasteiger charge is -2.31. The second-order valence-electron chi connectivity index (χ2n) is 5.63. The molecule has 2 unspecified atom stereocenters. The van der Waals surface area contributed by atoms with Gasteiger partial charge in [0.1, 0.15) is 6.33 Å². The van der Waals surface area contributed by atoms with Crippen LogP contribution in [-0.4, -0.2) is 16.0 Å². The highest BCUT2D eigenvalue weighted by Gasteiger charge is 2.22. The maximum atomic E-state index is 4.04. The van der Waals surface area contributed by atoms with Gasteiger partial charge >= 0.3 is 0 Å². The average Bonchev–Trinajstić information content (AvgIpc) is 2.30. The molecule has 1 heterocycles. The van der Waals surface area contributed by atoms with E-state index >= 15 is 0 Å². The highest BCUT2D eigenvalue weighted by molar-refractivity contribution is 5.38. The third kappa shape index (κ3) is 3.99. The molecule has 0 saturated heterocycles. The van der Waals surface area contributed by atoms with Crippen LogP contribution in [0.2, 0.25) is 0 Å². The first-order valence-corrected chi connectivity index (χ1v) is 6.75. The van der Waals surface area contributed by atoms with Crippen LogP contribution in [-0.2, 0) is 0 Å². The zero-order chi connectivity index (χ0) is 12.1. The second-order valence-corrected chi connectivity index (χ2v) is 5.63. The molecule has 1 saturated carbocycles. The first-order valence-electron chi connectivity index (χ1n) is 6.75. The van der Waals surface area contributed by atoms with Crippen LogP contribution in [0.25, 0.3) is 0 Å². The van der Waals surface area contributed by atoms with Crippen molar-refractivity contribution in [1.82, 2.24) is 9.97 Å². The summed E-state index contributed by atoms with van der Waals surface area (Å²) >= 11 is 0. The fraction of sp³-hybridized carbons (Fsp3) is 0.714. The van der Waals surface area contributed by atoms with Crippen molar-refractivity contribution in [3.05, 3.63) is 18.7 Å². The Morgan fingerprint density at radius 1 is 1.29 bits per heavy atom. The van der Waals surface area contributed by atoms with Crippen molar-refractivity contribution in [2.75, 3.05) is 5.32 Å². The minimum absolute atomic E-state index is 0.610. The largest absolute Gasteiger partial charge is 0.380 e. The third-order valence-electron chi connectivity index (χ3n) is 3.52. The monoisotopic (exact) mass is 233 g/mol. The van der Waals surface area contributed by atoms with E-state index in [9.17, 15) is 0 Å². The normalized spacial score (nSPS) is 24.9. The minimum Gasteiger partial charge on any atom is -0.380 e. The molecule has 1 N–H and O–H groups in total. The fourth-order valence-electron chi connectivity index (χ4n) is 2.91. The molecule has 94 valence electrons. The van der Waals surface area contributed by atoms with Gasteiger partial charge in [-0.05, 0) is 31.1 Å². The molecule has 0 aliphatic heterocycles. The van der Waals surface area contributed by atoms with Gasteiger partial charge in [0, 0.05) is 6.04 Å². The van der Waals surface area contributed by atoms with Gasteiger partial charge in [-0.3, -0.25) is 0 Å². The summed E-state index contributed by atoms with van der Waals surface area (Å²) in [5, 5.41) is 3.56. The lowest BCUT2D eigenvalue weighted by Crippen LogP contribution is -2.28. The molecule has 17 heavy (non-hydrogen) atoms. The first kappa shape index (κ1) is 12.3. The van der Waals surface area contributed by atoms with E-state index in [1.54, 1.807) is 6.33 Å². The van der Waals surface area contributed by atoms with Crippen molar-refractivity contribution in [2.45, 2.75) is 52.0 Å². The first-order chi connectivity index (χ1) is 8.24. The van der Waals surface area contributed by atoms with Crippen LogP contribution in [0.1, 0.15) is 46.0 Å². The van der Waals surface area contributed by atoms with E-state index < -0.39 is 0 Å². The van der Waals surface area contributed by atoms with Crippen molar-refractivity contribution >= 4 is 5.69 Å². The predicted molar refractivity (Wildman–Crippen MR) is 70.9 cm³/mol. The number of nitrogens with zero attached hydrogens (tertiary/aromatic N) is 2. The van der Waals surface area contributed by atoms with Crippen molar-refractivity contribution in [1.29, 1.82) is 0 Å². The van der Waals surface area contributed by atoms with Crippen LogP contribution in [0.5, 0.6) is 0 Å². The zero-order valence-corrected chi connectivity index (χ0v) is 10.9. The average molecular weight is 233 g/mol. The van der Waals surface area contributed by atoms with E-state index in [-0.39, 0.29) is 0 Å². The van der Waals surface area contributed by atoms with E-state index in [0.29, 0.717) is 6.04 Å². The Hall–Kier alpha value is -1.12. The molecule has 0 amide bonds. The van der Waals surface area contributed by atoms with Gasteiger partial charge in [0.15, 0.2) is 0 Å². The highest BCUT2D eigenvalue weighted by atomic mass is 15.0. The summed E-state index contributed by atoms with van der Waals surface area (Å²) in [4.78, 5) is 8.09. The molecule has 2 rings (SSSR count). The molecule has 3 nitrogen and oxygen atoms in total. The quantitative estimate of drug-likeness (QED) is 0.865. The molecule has 0 spiro atoms. The summed E-state index contributed by atoms with van der Waals surface area (Å²) in [6.45, 7) is 4.64. The number of anilines is 1. The van der Waals surface area contributed by atoms with Gasteiger partial charge in [-0.25, -0.2) is 9.97 Å². The molecule has 0 aromatic carbocycles. The van der Waals surface area contributed by atoms with Gasteiger partial charge < -0.3 is 5.32 Å². The predicted octanol–water partition coefficient (Wildman–Crippen LogP) is 3.49. The second kappa shape index (κ2) is 5.99. The van der Waals surface area contributed by atoms with Gasteiger partial charge in [0.2, 0.25) is 0 Å². The van der Waals surface area contributed by atoms with Crippen LogP contribution < -0.4 is 5.32 Å². The van der Waals surface area contributed by atoms with Gasteiger partial charge in [-0.1, -0.05) is 26.7 Å². The molecule has 1 aromatic heterocycles. The maximum absolute atomic E-state index is 4.04. The molecule has 1 aromatic rings. The Kier molecular flexibility index (Phi) is 4.35. The number of hydrogen-bond donors (Lipinski definition) is 1.